The predicted molar refractivity (Wildman–Crippen MR) is 102 cm³/mol. The van der Waals surface area contributed by atoms with Crippen LogP contribution in [0, 0.1) is 0 Å². The highest BCUT2D eigenvalue weighted by Gasteiger charge is 2.36. The molecule has 3 aliphatic heterocycles. The second kappa shape index (κ2) is 6.25. The first kappa shape index (κ1) is 17.6. The van der Waals surface area contributed by atoms with Crippen molar-refractivity contribution in [3.05, 3.63) is 59.2 Å². The van der Waals surface area contributed by atoms with Crippen LogP contribution >= 0.6 is 0 Å². The summed E-state index contributed by atoms with van der Waals surface area (Å²) in [6.45, 7) is 1.28. The molecule has 1 amide bonds. The molecule has 2 bridgehead atoms. The third-order valence-corrected chi connectivity index (χ3v) is 7.85. The van der Waals surface area contributed by atoms with E-state index >= 15 is 0 Å². The monoisotopic (exact) mass is 396 g/mol. The van der Waals surface area contributed by atoms with Gasteiger partial charge in [-0.15, -0.1) is 0 Å². The molecule has 2 aromatic rings. The number of hydrogen-bond acceptors (Lipinski definition) is 5. The quantitative estimate of drug-likeness (QED) is 0.681. The zero-order valence-electron chi connectivity index (χ0n) is 15.2. The van der Waals surface area contributed by atoms with Crippen molar-refractivity contribution >= 4 is 21.5 Å². The van der Waals surface area contributed by atoms with Crippen LogP contribution in [0.25, 0.3) is 0 Å². The molecule has 28 heavy (non-hydrogen) atoms. The van der Waals surface area contributed by atoms with Crippen LogP contribution in [0.5, 0.6) is 0 Å². The maximum Gasteiger partial charge on any atom is 0.253 e. The van der Waals surface area contributed by atoms with Crippen molar-refractivity contribution in [1.82, 2.24) is 10.2 Å². The molecule has 2 fully saturated rings. The minimum atomic E-state index is -3.84. The van der Waals surface area contributed by atoms with Gasteiger partial charge in [-0.2, -0.15) is 0 Å². The molecule has 7 heteroatoms. The van der Waals surface area contributed by atoms with Gasteiger partial charge >= 0.3 is 0 Å². The van der Waals surface area contributed by atoms with Gasteiger partial charge in [-0.05, 0) is 49.6 Å². The number of carbonyl (C=O) groups excluding carboxylic acids is 2. The van der Waals surface area contributed by atoms with Crippen molar-refractivity contribution in [2.45, 2.75) is 41.1 Å². The largest absolute Gasteiger partial charge is 0.337 e. The Balaban J connectivity index is 1.53. The van der Waals surface area contributed by atoms with Gasteiger partial charge in [0, 0.05) is 41.9 Å². The highest BCUT2D eigenvalue weighted by Crippen LogP contribution is 2.35. The summed E-state index contributed by atoms with van der Waals surface area (Å²) in [6.07, 6.45) is 3.10. The fourth-order valence-electron chi connectivity index (χ4n) is 4.53. The van der Waals surface area contributed by atoms with Gasteiger partial charge in [-0.25, -0.2) is 8.42 Å². The second-order valence-corrected chi connectivity index (χ2v) is 9.60. The average Bonchev–Trinajstić information content (AvgIpc) is 3.04. The first-order valence-electron chi connectivity index (χ1n) is 9.53. The van der Waals surface area contributed by atoms with Crippen molar-refractivity contribution < 1.29 is 18.0 Å². The summed E-state index contributed by atoms with van der Waals surface area (Å²) >= 11 is 0. The molecule has 144 valence electrons. The third kappa shape index (κ3) is 2.61. The summed E-state index contributed by atoms with van der Waals surface area (Å²) in [5.74, 6) is -0.505. The minimum Gasteiger partial charge on any atom is -0.337 e. The maximum atomic E-state index is 13.1. The number of rotatable bonds is 1. The van der Waals surface area contributed by atoms with Crippen molar-refractivity contribution in [3.8, 4) is 0 Å². The van der Waals surface area contributed by atoms with Crippen LogP contribution in [-0.2, 0) is 9.84 Å². The van der Waals surface area contributed by atoms with E-state index in [2.05, 4.69) is 5.32 Å². The van der Waals surface area contributed by atoms with Gasteiger partial charge in [-0.1, -0.05) is 12.1 Å². The van der Waals surface area contributed by atoms with E-state index in [9.17, 15) is 18.0 Å². The smallest absolute Gasteiger partial charge is 0.253 e. The summed E-state index contributed by atoms with van der Waals surface area (Å²) < 4.78 is 26.1. The van der Waals surface area contributed by atoms with Crippen molar-refractivity contribution in [2.24, 2.45) is 0 Å². The highest BCUT2D eigenvalue weighted by molar-refractivity contribution is 7.91. The van der Waals surface area contributed by atoms with Gasteiger partial charge in [0.2, 0.25) is 9.84 Å². The number of nitrogens with one attached hydrogen (secondary N) is 1. The molecule has 2 unspecified atom stereocenters. The zero-order chi connectivity index (χ0) is 19.5. The Kier molecular flexibility index (Phi) is 3.93. The molecule has 5 rings (SSSR count). The van der Waals surface area contributed by atoms with E-state index < -0.39 is 9.84 Å². The molecule has 0 spiro atoms. The van der Waals surface area contributed by atoms with Crippen LogP contribution < -0.4 is 5.32 Å². The first-order valence-corrected chi connectivity index (χ1v) is 11.0. The van der Waals surface area contributed by atoms with E-state index in [1.807, 2.05) is 0 Å². The van der Waals surface area contributed by atoms with E-state index in [0.717, 1.165) is 19.3 Å². The summed E-state index contributed by atoms with van der Waals surface area (Å²) in [5.41, 5.74) is 0.628. The molecule has 0 aromatic heterocycles. The normalized spacial score (nSPS) is 25.0. The Labute approximate surface area is 163 Å². The van der Waals surface area contributed by atoms with E-state index in [1.165, 1.54) is 24.3 Å². The number of carbonyl (C=O) groups is 2. The van der Waals surface area contributed by atoms with Crippen LogP contribution in [0.3, 0.4) is 0 Å². The molecule has 0 saturated carbocycles. The number of amides is 1. The molecule has 0 radical (unpaired) electrons. The third-order valence-electron chi connectivity index (χ3n) is 5.99. The molecule has 3 aliphatic rings. The number of fused-ring (bicyclic) bond motifs is 4. The Bertz CT molecular complexity index is 1110. The summed E-state index contributed by atoms with van der Waals surface area (Å²) in [7, 11) is -3.84. The molecular weight excluding hydrogens is 376 g/mol. The van der Waals surface area contributed by atoms with E-state index in [0.29, 0.717) is 30.7 Å². The van der Waals surface area contributed by atoms with E-state index in [1.54, 1.807) is 23.1 Å². The molecule has 6 nitrogen and oxygen atoms in total. The molecule has 1 N–H and O–H groups in total. The lowest BCUT2D eigenvalue weighted by atomic mass is 10.0. The fraction of sp³-hybridized carbons (Fsp3) is 0.333. The van der Waals surface area contributed by atoms with E-state index in [-0.39, 0.29) is 32.6 Å². The first-order chi connectivity index (χ1) is 13.4. The lowest BCUT2D eigenvalue weighted by Crippen LogP contribution is -2.39. The summed E-state index contributed by atoms with van der Waals surface area (Å²) in [4.78, 5) is 27.5. The average molecular weight is 396 g/mol. The number of hydrogen-bond donors (Lipinski definition) is 1. The summed E-state index contributed by atoms with van der Waals surface area (Å²) in [5, 5.41) is 3.53. The Morgan fingerprint density at radius 2 is 1.71 bits per heavy atom. The van der Waals surface area contributed by atoms with E-state index in [4.69, 9.17) is 0 Å². The lowest BCUT2D eigenvalue weighted by molar-refractivity contribution is 0.0747. The molecule has 2 aromatic carbocycles. The van der Waals surface area contributed by atoms with Gasteiger partial charge in [-0.3, -0.25) is 9.59 Å². The zero-order valence-corrected chi connectivity index (χ0v) is 16.0. The van der Waals surface area contributed by atoms with Crippen molar-refractivity contribution in [3.63, 3.8) is 0 Å². The van der Waals surface area contributed by atoms with Crippen LogP contribution in [0.15, 0.2) is 52.3 Å². The maximum absolute atomic E-state index is 13.1. The van der Waals surface area contributed by atoms with Gasteiger partial charge < -0.3 is 10.2 Å². The van der Waals surface area contributed by atoms with Crippen LogP contribution in [0.4, 0.5) is 0 Å². The Hall–Kier alpha value is -2.51. The fourth-order valence-corrected chi connectivity index (χ4v) is 6.20. The standard InChI is InChI=1S/C21H20N2O4S/c24-20-16-3-1-2-4-18(16)28(26,27)19-11-13(5-8-17(19)20)21(25)23-10-9-14-6-7-15(12-23)22-14/h1-5,8,11,14-15,22H,6-7,9-10,12H2. The molecule has 0 aliphatic carbocycles. The molecule has 2 atom stereocenters. The van der Waals surface area contributed by atoms with Gasteiger partial charge in [0.05, 0.1) is 9.79 Å². The van der Waals surface area contributed by atoms with Gasteiger partial charge in [0.25, 0.3) is 5.91 Å². The van der Waals surface area contributed by atoms with Gasteiger partial charge in [0.15, 0.2) is 5.78 Å². The highest BCUT2D eigenvalue weighted by atomic mass is 32.2. The van der Waals surface area contributed by atoms with Gasteiger partial charge in [0.1, 0.15) is 0 Å². The van der Waals surface area contributed by atoms with Crippen molar-refractivity contribution in [2.75, 3.05) is 13.1 Å². The molecule has 3 heterocycles. The molecular formula is C21H20N2O4S. The SMILES string of the molecule is O=C1c2ccccc2S(=O)(=O)c2cc(C(=O)N3CCC4CCC(C3)N4)ccc21. The van der Waals surface area contributed by atoms with Crippen LogP contribution in [0.1, 0.15) is 45.5 Å². The lowest BCUT2D eigenvalue weighted by Gasteiger charge is -2.25. The number of nitrogens with zero attached hydrogens (tertiary/aromatic N) is 1. The minimum absolute atomic E-state index is 0.00776. The number of benzene rings is 2. The number of sulfone groups is 1. The Morgan fingerprint density at radius 3 is 2.57 bits per heavy atom. The predicted octanol–water partition coefficient (Wildman–Crippen LogP) is 2.03. The Morgan fingerprint density at radius 1 is 0.964 bits per heavy atom. The number of likely N-dealkylation sites (tertiary alicyclic amines) is 1. The van der Waals surface area contributed by atoms with Crippen LogP contribution in [-0.4, -0.2) is 50.2 Å². The second-order valence-electron chi connectivity index (χ2n) is 7.72. The topological polar surface area (TPSA) is 83.5 Å². The summed E-state index contributed by atoms with van der Waals surface area (Å²) in [6, 6.07) is 11.4. The number of ketones is 1. The van der Waals surface area contributed by atoms with Crippen LogP contribution in [0.2, 0.25) is 0 Å². The van der Waals surface area contributed by atoms with Crippen molar-refractivity contribution in [1.29, 1.82) is 0 Å². The molecule has 2 saturated heterocycles.